The van der Waals surface area contributed by atoms with E-state index in [2.05, 4.69) is 14.9 Å². The van der Waals surface area contributed by atoms with Gasteiger partial charge in [0.15, 0.2) is 5.88 Å². The number of likely N-dealkylation sites (tertiary alicyclic amines) is 1. The Bertz CT molecular complexity index is 925. The number of rotatable bonds is 8. The van der Waals surface area contributed by atoms with Gasteiger partial charge >= 0.3 is 0 Å². The number of nitrogens with one attached hydrogen (secondary N) is 1. The Kier molecular flexibility index (Phi) is 5.92. The summed E-state index contributed by atoms with van der Waals surface area (Å²) in [7, 11) is 0. The molecule has 0 amide bonds. The lowest BCUT2D eigenvalue weighted by Gasteiger charge is -2.14. The molecule has 1 fully saturated rings. The molecule has 1 aliphatic heterocycles. The van der Waals surface area contributed by atoms with Crippen LogP contribution in [0.4, 0.5) is 5.69 Å². The summed E-state index contributed by atoms with van der Waals surface area (Å²) in [6.07, 6.45) is 6.67. The summed E-state index contributed by atoms with van der Waals surface area (Å²) in [6.45, 7) is 4.47. The normalized spacial score (nSPS) is 15.0. The van der Waals surface area contributed by atoms with Gasteiger partial charge in [-0.3, -0.25) is 4.99 Å². The fourth-order valence-corrected chi connectivity index (χ4v) is 3.68. The maximum Gasteiger partial charge on any atom is 0.198 e. The minimum Gasteiger partial charge on any atom is -0.494 e. The number of benzene rings is 2. The van der Waals surface area contributed by atoms with E-state index in [1.54, 1.807) is 6.21 Å². The van der Waals surface area contributed by atoms with E-state index >= 15 is 0 Å². The summed E-state index contributed by atoms with van der Waals surface area (Å²) >= 11 is 0. The van der Waals surface area contributed by atoms with E-state index in [0.717, 1.165) is 35.4 Å². The summed E-state index contributed by atoms with van der Waals surface area (Å²) in [5.74, 6) is 1.01. The summed E-state index contributed by atoms with van der Waals surface area (Å²) in [5, 5.41) is 11.1. The molecular weight excluding hydrogens is 350 g/mol. The third kappa shape index (κ3) is 4.54. The van der Waals surface area contributed by atoms with Crippen LogP contribution in [0, 0.1) is 0 Å². The topological polar surface area (TPSA) is 60.9 Å². The smallest absolute Gasteiger partial charge is 0.198 e. The molecule has 2 N–H and O–H groups in total. The van der Waals surface area contributed by atoms with Gasteiger partial charge in [-0.05, 0) is 75.6 Å². The van der Waals surface area contributed by atoms with Crippen molar-refractivity contribution in [3.05, 3.63) is 54.1 Å². The highest BCUT2D eigenvalue weighted by Crippen LogP contribution is 2.26. The molecule has 0 radical (unpaired) electrons. The Hall–Kier alpha value is -2.79. The predicted octanol–water partition coefficient (Wildman–Crippen LogP) is 4.88. The number of hydrogen-bond donors (Lipinski definition) is 2. The van der Waals surface area contributed by atoms with Crippen molar-refractivity contribution in [3.63, 3.8) is 0 Å². The van der Waals surface area contributed by atoms with Gasteiger partial charge in [0.2, 0.25) is 0 Å². The van der Waals surface area contributed by atoms with Gasteiger partial charge in [0.25, 0.3) is 0 Å². The molecular formula is C23H27N3O2. The first-order valence-corrected chi connectivity index (χ1v) is 10.1. The van der Waals surface area contributed by atoms with Gasteiger partial charge < -0.3 is 19.7 Å². The van der Waals surface area contributed by atoms with E-state index in [1.165, 1.54) is 38.9 Å². The summed E-state index contributed by atoms with van der Waals surface area (Å²) in [5.41, 5.74) is 2.43. The molecule has 1 saturated heterocycles. The van der Waals surface area contributed by atoms with Crippen molar-refractivity contribution in [1.29, 1.82) is 0 Å². The van der Waals surface area contributed by atoms with Crippen LogP contribution in [-0.2, 0) is 0 Å². The van der Waals surface area contributed by atoms with Gasteiger partial charge in [0, 0.05) is 17.1 Å². The minimum atomic E-state index is 0.138. The second-order valence-electron chi connectivity index (χ2n) is 7.29. The summed E-state index contributed by atoms with van der Waals surface area (Å²) in [6, 6.07) is 15.5. The Labute approximate surface area is 165 Å². The number of nitrogens with zero attached hydrogens (tertiary/aromatic N) is 2. The average molecular weight is 377 g/mol. The molecule has 28 heavy (non-hydrogen) atoms. The zero-order valence-corrected chi connectivity index (χ0v) is 16.1. The molecule has 0 atom stereocenters. The molecule has 0 saturated carbocycles. The number of aromatic amines is 1. The van der Waals surface area contributed by atoms with Crippen LogP contribution in [0.2, 0.25) is 0 Å². The van der Waals surface area contributed by atoms with Crippen LogP contribution in [0.5, 0.6) is 11.6 Å². The van der Waals surface area contributed by atoms with Crippen molar-refractivity contribution >= 4 is 22.8 Å². The maximum absolute atomic E-state index is 10.1. The van der Waals surface area contributed by atoms with Crippen molar-refractivity contribution < 1.29 is 9.84 Å². The zero-order chi connectivity index (χ0) is 19.2. The molecule has 0 bridgehead atoms. The number of ether oxygens (including phenoxy) is 1. The lowest BCUT2D eigenvalue weighted by Crippen LogP contribution is -2.20. The molecule has 5 heteroatoms. The summed E-state index contributed by atoms with van der Waals surface area (Å²) in [4.78, 5) is 9.99. The standard InChI is InChI=1S/C23H27N3O2/c27-23-21(20-7-1-2-8-22(20)25-23)17-24-18-9-11-19(12-10-18)28-16-6-5-15-26-13-3-4-14-26/h1-2,7-12,17,25,27H,3-6,13-16H2. The van der Waals surface area contributed by atoms with Gasteiger partial charge in [0.1, 0.15) is 5.75 Å². The maximum atomic E-state index is 10.1. The number of para-hydroxylation sites is 1. The minimum absolute atomic E-state index is 0.138. The van der Waals surface area contributed by atoms with Crippen LogP contribution in [0.3, 0.4) is 0 Å². The van der Waals surface area contributed by atoms with Gasteiger partial charge in [-0.25, -0.2) is 0 Å². The first-order valence-electron chi connectivity index (χ1n) is 10.1. The largest absolute Gasteiger partial charge is 0.494 e. The molecule has 4 rings (SSSR count). The van der Waals surface area contributed by atoms with E-state index in [4.69, 9.17) is 4.74 Å². The summed E-state index contributed by atoms with van der Waals surface area (Å²) < 4.78 is 5.84. The third-order valence-corrected chi connectivity index (χ3v) is 5.24. The number of hydrogen-bond acceptors (Lipinski definition) is 4. The van der Waals surface area contributed by atoms with E-state index < -0.39 is 0 Å². The van der Waals surface area contributed by atoms with Gasteiger partial charge in [-0.15, -0.1) is 0 Å². The highest BCUT2D eigenvalue weighted by molar-refractivity contribution is 6.02. The van der Waals surface area contributed by atoms with E-state index in [-0.39, 0.29) is 5.88 Å². The number of aromatic hydroxyl groups is 1. The molecule has 2 heterocycles. The monoisotopic (exact) mass is 377 g/mol. The van der Waals surface area contributed by atoms with Crippen LogP contribution in [0.15, 0.2) is 53.5 Å². The van der Waals surface area contributed by atoms with E-state index in [1.807, 2.05) is 48.5 Å². The van der Waals surface area contributed by atoms with Crippen LogP contribution in [0.1, 0.15) is 31.2 Å². The molecule has 5 nitrogen and oxygen atoms in total. The van der Waals surface area contributed by atoms with Crippen molar-refractivity contribution in [2.75, 3.05) is 26.2 Å². The quantitative estimate of drug-likeness (QED) is 0.434. The highest BCUT2D eigenvalue weighted by atomic mass is 16.5. The van der Waals surface area contributed by atoms with Crippen LogP contribution in [0.25, 0.3) is 10.9 Å². The van der Waals surface area contributed by atoms with E-state index in [0.29, 0.717) is 5.56 Å². The molecule has 1 aromatic heterocycles. The zero-order valence-electron chi connectivity index (χ0n) is 16.1. The first-order chi connectivity index (χ1) is 13.8. The van der Waals surface area contributed by atoms with Crippen molar-refractivity contribution in [2.24, 2.45) is 4.99 Å². The average Bonchev–Trinajstić information content (AvgIpc) is 3.34. The van der Waals surface area contributed by atoms with Crippen LogP contribution < -0.4 is 4.74 Å². The Morgan fingerprint density at radius 1 is 1.04 bits per heavy atom. The lowest BCUT2D eigenvalue weighted by molar-refractivity contribution is 0.280. The third-order valence-electron chi connectivity index (χ3n) is 5.24. The molecule has 1 aliphatic rings. The first kappa shape index (κ1) is 18.6. The molecule has 0 unspecified atom stereocenters. The number of H-pyrrole nitrogens is 1. The van der Waals surface area contributed by atoms with Gasteiger partial charge in [0.05, 0.1) is 17.9 Å². The van der Waals surface area contributed by atoms with Crippen molar-refractivity contribution in [2.45, 2.75) is 25.7 Å². The molecule has 146 valence electrons. The second-order valence-corrected chi connectivity index (χ2v) is 7.29. The van der Waals surface area contributed by atoms with Gasteiger partial charge in [-0.1, -0.05) is 18.2 Å². The fraction of sp³-hybridized carbons (Fsp3) is 0.348. The molecule has 3 aromatic rings. The molecule has 0 aliphatic carbocycles. The Balaban J connectivity index is 1.28. The van der Waals surface area contributed by atoms with E-state index in [9.17, 15) is 5.11 Å². The molecule has 0 spiro atoms. The SMILES string of the molecule is Oc1[nH]c2ccccc2c1C=Nc1ccc(OCCCCN2CCCC2)cc1. The Morgan fingerprint density at radius 2 is 1.82 bits per heavy atom. The number of aliphatic imine (C=N–C) groups is 1. The lowest BCUT2D eigenvalue weighted by atomic mass is 10.2. The highest BCUT2D eigenvalue weighted by Gasteiger charge is 2.10. The van der Waals surface area contributed by atoms with Crippen LogP contribution in [-0.4, -0.2) is 47.4 Å². The van der Waals surface area contributed by atoms with Gasteiger partial charge in [-0.2, -0.15) is 0 Å². The number of fused-ring (bicyclic) bond motifs is 1. The second kappa shape index (κ2) is 8.93. The molecule has 2 aromatic carbocycles. The predicted molar refractivity (Wildman–Crippen MR) is 114 cm³/mol. The Morgan fingerprint density at radius 3 is 2.64 bits per heavy atom. The number of unbranched alkanes of at least 4 members (excludes halogenated alkanes) is 1. The van der Waals surface area contributed by atoms with Crippen molar-refractivity contribution in [1.82, 2.24) is 9.88 Å². The van der Waals surface area contributed by atoms with Crippen molar-refractivity contribution in [3.8, 4) is 11.6 Å². The van der Waals surface area contributed by atoms with Crippen LogP contribution >= 0.6 is 0 Å². The fourth-order valence-electron chi connectivity index (χ4n) is 3.68. The number of aromatic nitrogens is 1.